The van der Waals surface area contributed by atoms with Crippen LogP contribution in [0.2, 0.25) is 0 Å². The van der Waals surface area contributed by atoms with Crippen LogP contribution in [0.25, 0.3) is 0 Å². The van der Waals surface area contributed by atoms with Crippen LogP contribution in [0.15, 0.2) is 114 Å². The summed E-state index contributed by atoms with van der Waals surface area (Å²) in [4.78, 5) is 19.6. The molecule has 2 amide bonds. The Hall–Kier alpha value is -4.20. The Morgan fingerprint density at radius 3 is 1.29 bits per heavy atom. The van der Waals surface area contributed by atoms with Crippen LogP contribution >= 0.6 is 0 Å². The Kier molecular flexibility index (Phi) is 26.4. The van der Waals surface area contributed by atoms with E-state index in [9.17, 15) is 9.59 Å². The molecule has 1 heterocycles. The third-order valence-electron chi connectivity index (χ3n) is 4.16. The maximum Gasteiger partial charge on any atom is 0.248 e. The van der Waals surface area contributed by atoms with E-state index in [4.69, 9.17) is 21.6 Å². The molecule has 0 aliphatic carbocycles. The second kappa shape index (κ2) is 24.5. The van der Waals surface area contributed by atoms with Crippen LogP contribution in [0.3, 0.4) is 0 Å². The highest BCUT2D eigenvalue weighted by Crippen LogP contribution is 2.18. The zero-order valence-corrected chi connectivity index (χ0v) is 19.2. The number of nitrogens with two attached hydrogens (primary N) is 4. The van der Waals surface area contributed by atoms with Crippen molar-refractivity contribution in [2.45, 2.75) is 49.2 Å². The first-order valence-electron chi connectivity index (χ1n) is 10.5. The largest absolute Gasteiger partial charge is 0.468 e. The molecular formula is C31H48N4O3. The van der Waals surface area contributed by atoms with Crippen LogP contribution in [0.1, 0.15) is 69.9 Å². The van der Waals surface area contributed by atoms with Gasteiger partial charge in [-0.2, -0.15) is 0 Å². The normalized spacial score (nSPS) is 8.32. The summed E-state index contributed by atoms with van der Waals surface area (Å²) in [5, 5.41) is 0. The van der Waals surface area contributed by atoms with Crippen LogP contribution < -0.4 is 22.9 Å². The lowest BCUT2D eigenvalue weighted by atomic mass is 10.00. The van der Waals surface area contributed by atoms with Gasteiger partial charge in [-0.05, 0) is 35.4 Å². The summed E-state index contributed by atoms with van der Waals surface area (Å²) < 4.78 is 4.86. The number of amides is 2. The molecule has 0 atom stereocenters. The van der Waals surface area contributed by atoms with Crippen LogP contribution in [0, 0.1) is 0 Å². The number of rotatable bonds is 4. The van der Waals surface area contributed by atoms with Gasteiger partial charge < -0.3 is 27.4 Å². The summed E-state index contributed by atoms with van der Waals surface area (Å²) in [6.45, 7) is 1.80. The predicted molar refractivity (Wildman–Crippen MR) is 162 cm³/mol. The number of hydrogen-bond acceptors (Lipinski definition) is 5. The fourth-order valence-corrected chi connectivity index (χ4v) is 2.54. The molecule has 0 radical (unpaired) electrons. The van der Waals surface area contributed by atoms with Gasteiger partial charge in [0.05, 0.1) is 18.8 Å². The molecule has 210 valence electrons. The van der Waals surface area contributed by atoms with Crippen molar-refractivity contribution in [1.82, 2.24) is 0 Å². The predicted octanol–water partition coefficient (Wildman–Crippen LogP) is 6.29. The molecule has 0 aliphatic rings. The van der Waals surface area contributed by atoms with E-state index in [0.29, 0.717) is 12.1 Å². The molecule has 8 N–H and O–H groups in total. The van der Waals surface area contributed by atoms with Gasteiger partial charge in [0, 0.05) is 12.5 Å². The average molecular weight is 525 g/mol. The molecule has 4 rings (SSSR count). The molecule has 7 heteroatoms. The fraction of sp³-hybridized carbons (Fsp3) is 0.226. The Bertz CT molecular complexity index is 1010. The van der Waals surface area contributed by atoms with E-state index in [2.05, 4.69) is 30.0 Å². The summed E-state index contributed by atoms with van der Waals surface area (Å²) >= 11 is 0. The van der Waals surface area contributed by atoms with Crippen molar-refractivity contribution in [3.05, 3.63) is 132 Å². The molecule has 3 aromatic carbocycles. The molecule has 0 spiro atoms. The van der Waals surface area contributed by atoms with E-state index >= 15 is 0 Å². The number of carbonyl (C=O) groups excluding carboxylic acids is 2. The molecule has 7 nitrogen and oxygen atoms in total. The van der Waals surface area contributed by atoms with E-state index in [0.717, 1.165) is 16.9 Å². The van der Waals surface area contributed by atoms with Crippen molar-refractivity contribution >= 4 is 11.8 Å². The highest BCUT2D eigenvalue weighted by atomic mass is 16.3. The molecule has 1 aromatic heterocycles. The van der Waals surface area contributed by atoms with Gasteiger partial charge in [0.25, 0.3) is 0 Å². The second-order valence-corrected chi connectivity index (χ2v) is 6.92. The minimum Gasteiger partial charge on any atom is -0.468 e. The number of benzene rings is 3. The average Bonchev–Trinajstić information content (AvgIpc) is 3.40. The minimum atomic E-state index is -0.379. The van der Waals surface area contributed by atoms with Gasteiger partial charge in [-0.15, -0.1) is 0 Å². The Morgan fingerprint density at radius 1 is 0.684 bits per heavy atom. The van der Waals surface area contributed by atoms with Gasteiger partial charge in [-0.3, -0.25) is 9.59 Å². The molecule has 0 unspecified atom stereocenters. The number of furan rings is 1. The fourth-order valence-electron chi connectivity index (χ4n) is 2.54. The molecule has 0 fully saturated rings. The summed E-state index contributed by atoms with van der Waals surface area (Å²) in [6, 6.07) is 32.7. The first-order chi connectivity index (χ1) is 16.3. The third-order valence-corrected chi connectivity index (χ3v) is 4.16. The van der Waals surface area contributed by atoms with Crippen molar-refractivity contribution < 1.29 is 14.0 Å². The Balaban J connectivity index is -0.000000212. The molecule has 0 bridgehead atoms. The first-order valence-corrected chi connectivity index (χ1v) is 10.5. The van der Waals surface area contributed by atoms with Gasteiger partial charge in [0.15, 0.2) is 0 Å². The third kappa shape index (κ3) is 18.1. The van der Waals surface area contributed by atoms with Gasteiger partial charge in [0.1, 0.15) is 5.76 Å². The monoisotopic (exact) mass is 524 g/mol. The van der Waals surface area contributed by atoms with Gasteiger partial charge in [-0.25, -0.2) is 0 Å². The van der Waals surface area contributed by atoms with Crippen molar-refractivity contribution in [3.8, 4) is 0 Å². The van der Waals surface area contributed by atoms with Gasteiger partial charge in [-0.1, -0.05) is 109 Å². The summed E-state index contributed by atoms with van der Waals surface area (Å²) in [5.74, 6) is 0.121. The highest BCUT2D eigenvalue weighted by Gasteiger charge is 2.06. The summed E-state index contributed by atoms with van der Waals surface area (Å²) in [6.07, 6.45) is 1.61. The van der Waals surface area contributed by atoms with Gasteiger partial charge >= 0.3 is 0 Å². The minimum absolute atomic E-state index is 0. The summed E-state index contributed by atoms with van der Waals surface area (Å²) in [5.41, 5.74) is 23.6. The van der Waals surface area contributed by atoms with Gasteiger partial charge in [0.2, 0.25) is 11.8 Å². The molecule has 4 aromatic rings. The highest BCUT2D eigenvalue weighted by molar-refractivity contribution is 5.92. The van der Waals surface area contributed by atoms with E-state index in [1.807, 2.05) is 54.6 Å². The van der Waals surface area contributed by atoms with Crippen LogP contribution in [0.4, 0.5) is 0 Å². The standard InChI is InChI=1S/C13H13N.C7H7NO.C5H7NO.C2H5NO.4CH4/c14-13(11-7-3-1-4-8-11)12-9-5-2-6-10-12;8-7(9)6-4-2-1-3-5-6;6-4-5-2-1-3-7-5;1-2(3)4;;;;/h1-10,13H,14H2;1-5H,(H2,8,9);1-3H,4,6H2;1H3,(H2,3,4);4*1H4. The topological polar surface area (TPSA) is 151 Å². The summed E-state index contributed by atoms with van der Waals surface area (Å²) in [7, 11) is 0. The Morgan fingerprint density at radius 2 is 1.05 bits per heavy atom. The Labute approximate surface area is 229 Å². The second-order valence-electron chi connectivity index (χ2n) is 6.92. The van der Waals surface area contributed by atoms with Crippen molar-refractivity contribution in [2.75, 3.05) is 0 Å². The van der Waals surface area contributed by atoms with Crippen LogP contribution in [-0.2, 0) is 11.3 Å². The van der Waals surface area contributed by atoms with E-state index in [1.54, 1.807) is 30.5 Å². The molecule has 38 heavy (non-hydrogen) atoms. The van der Waals surface area contributed by atoms with E-state index in [-0.39, 0.29) is 47.6 Å². The maximum absolute atomic E-state index is 10.4. The SMILES string of the molecule is C.C.C.C.CC(N)=O.NC(=O)c1ccccc1.NC(c1ccccc1)c1ccccc1.NCc1ccco1. The lowest BCUT2D eigenvalue weighted by Crippen LogP contribution is -2.11. The zero-order valence-electron chi connectivity index (χ0n) is 19.2. The quantitative estimate of drug-likeness (QED) is 0.247. The number of hydrogen-bond donors (Lipinski definition) is 4. The lowest BCUT2D eigenvalue weighted by molar-refractivity contribution is -0.115. The van der Waals surface area contributed by atoms with Crippen molar-refractivity contribution in [2.24, 2.45) is 22.9 Å². The smallest absolute Gasteiger partial charge is 0.248 e. The molecule has 0 saturated heterocycles. The lowest BCUT2D eigenvalue weighted by Gasteiger charge is -2.11. The number of primary amides is 2. The van der Waals surface area contributed by atoms with Crippen molar-refractivity contribution in [3.63, 3.8) is 0 Å². The van der Waals surface area contributed by atoms with E-state index < -0.39 is 0 Å². The van der Waals surface area contributed by atoms with E-state index in [1.165, 1.54) is 6.92 Å². The molecule has 0 aliphatic heterocycles. The van der Waals surface area contributed by atoms with Crippen LogP contribution in [0.5, 0.6) is 0 Å². The molecule has 0 saturated carbocycles. The van der Waals surface area contributed by atoms with Crippen molar-refractivity contribution in [1.29, 1.82) is 0 Å². The van der Waals surface area contributed by atoms with Crippen LogP contribution in [-0.4, -0.2) is 11.8 Å². The maximum atomic E-state index is 10.4. The zero-order chi connectivity index (χ0) is 25.2. The number of carbonyl (C=O) groups is 2. The molecular weight excluding hydrogens is 476 g/mol. The first kappa shape index (κ1) is 40.9.